The SMILES string of the molecule is CC(=O)OC1CCC(Cl)(Cl)Sc2ccccc21. The number of hydrogen-bond donors (Lipinski definition) is 0. The number of rotatable bonds is 1. The maximum Gasteiger partial charge on any atom is 0.303 e. The fourth-order valence-electron chi connectivity index (χ4n) is 1.83. The molecule has 0 aromatic heterocycles. The number of halogens is 2. The van der Waals surface area contributed by atoms with E-state index in [-0.39, 0.29) is 12.1 Å². The Morgan fingerprint density at radius 1 is 1.47 bits per heavy atom. The molecule has 0 saturated heterocycles. The van der Waals surface area contributed by atoms with Crippen molar-refractivity contribution in [1.82, 2.24) is 0 Å². The van der Waals surface area contributed by atoms with Crippen molar-refractivity contribution in [3.05, 3.63) is 29.8 Å². The number of alkyl halides is 2. The molecule has 1 aliphatic heterocycles. The predicted octanol–water partition coefficient (Wildman–Crippen LogP) is 4.31. The molecule has 1 unspecified atom stereocenters. The largest absolute Gasteiger partial charge is 0.458 e. The van der Waals surface area contributed by atoms with Gasteiger partial charge in [0.25, 0.3) is 0 Å². The van der Waals surface area contributed by atoms with Gasteiger partial charge in [0.15, 0.2) is 3.67 Å². The van der Waals surface area contributed by atoms with E-state index in [1.807, 2.05) is 24.3 Å². The molecule has 0 N–H and O–H groups in total. The third kappa shape index (κ3) is 3.30. The quantitative estimate of drug-likeness (QED) is 0.569. The van der Waals surface area contributed by atoms with Gasteiger partial charge in [-0.25, -0.2) is 0 Å². The topological polar surface area (TPSA) is 26.3 Å². The summed E-state index contributed by atoms with van der Waals surface area (Å²) in [5.74, 6) is -0.286. The molecule has 0 fully saturated rings. The zero-order valence-corrected chi connectivity index (χ0v) is 11.6. The molecule has 17 heavy (non-hydrogen) atoms. The molecule has 5 heteroatoms. The summed E-state index contributed by atoms with van der Waals surface area (Å²) in [5.41, 5.74) is 0.982. The smallest absolute Gasteiger partial charge is 0.303 e. The summed E-state index contributed by atoms with van der Waals surface area (Å²) < 4.78 is 4.47. The Hall–Kier alpha value is -0.380. The van der Waals surface area contributed by atoms with Crippen molar-refractivity contribution in [1.29, 1.82) is 0 Å². The molecule has 0 aliphatic carbocycles. The van der Waals surface area contributed by atoms with E-state index in [0.29, 0.717) is 12.8 Å². The predicted molar refractivity (Wildman–Crippen MR) is 70.5 cm³/mol. The van der Waals surface area contributed by atoms with Gasteiger partial charge in [0.2, 0.25) is 0 Å². The number of carbonyl (C=O) groups is 1. The highest BCUT2D eigenvalue weighted by atomic mass is 35.5. The second-order valence-electron chi connectivity index (χ2n) is 3.91. The van der Waals surface area contributed by atoms with Gasteiger partial charge in [0.05, 0.1) is 0 Å². The van der Waals surface area contributed by atoms with E-state index in [1.165, 1.54) is 18.7 Å². The maximum atomic E-state index is 11.1. The lowest BCUT2D eigenvalue weighted by Crippen LogP contribution is -2.10. The molecule has 92 valence electrons. The van der Waals surface area contributed by atoms with E-state index in [9.17, 15) is 4.79 Å². The lowest BCUT2D eigenvalue weighted by Gasteiger charge is -2.16. The van der Waals surface area contributed by atoms with E-state index >= 15 is 0 Å². The van der Waals surface area contributed by atoms with E-state index in [0.717, 1.165) is 10.5 Å². The Kier molecular flexibility index (Phi) is 3.91. The van der Waals surface area contributed by atoms with E-state index in [1.54, 1.807) is 0 Å². The molecule has 0 bridgehead atoms. The third-order valence-electron chi connectivity index (χ3n) is 2.53. The summed E-state index contributed by atoms with van der Waals surface area (Å²) in [6, 6.07) is 7.74. The van der Waals surface area contributed by atoms with Gasteiger partial charge in [-0.2, -0.15) is 0 Å². The zero-order valence-electron chi connectivity index (χ0n) is 9.28. The number of hydrogen-bond acceptors (Lipinski definition) is 3. The highest BCUT2D eigenvalue weighted by molar-refractivity contribution is 8.03. The van der Waals surface area contributed by atoms with Crippen LogP contribution in [0.3, 0.4) is 0 Å². The molecule has 2 rings (SSSR count). The van der Waals surface area contributed by atoms with Crippen molar-refractivity contribution in [2.24, 2.45) is 0 Å². The van der Waals surface area contributed by atoms with E-state index in [2.05, 4.69) is 0 Å². The van der Waals surface area contributed by atoms with Crippen LogP contribution < -0.4 is 0 Å². The molecule has 1 heterocycles. The van der Waals surface area contributed by atoms with Crippen molar-refractivity contribution in [3.63, 3.8) is 0 Å². The number of carbonyl (C=O) groups excluding carboxylic acids is 1. The first-order valence-electron chi connectivity index (χ1n) is 5.31. The summed E-state index contributed by atoms with van der Waals surface area (Å²) in [6.07, 6.45) is 0.958. The Balaban J connectivity index is 2.35. The maximum absolute atomic E-state index is 11.1. The minimum Gasteiger partial charge on any atom is -0.458 e. The van der Waals surface area contributed by atoms with E-state index < -0.39 is 3.67 Å². The molecule has 1 aliphatic rings. The standard InChI is InChI=1S/C12H12Cl2O2S/c1-8(15)16-10-6-7-12(13,14)17-11-5-3-2-4-9(10)11/h2-5,10H,6-7H2,1H3. The van der Waals surface area contributed by atoms with Gasteiger partial charge < -0.3 is 4.74 Å². The van der Waals surface area contributed by atoms with Gasteiger partial charge >= 0.3 is 5.97 Å². The highest BCUT2D eigenvalue weighted by Crippen LogP contribution is 2.50. The lowest BCUT2D eigenvalue weighted by atomic mass is 10.1. The molecule has 0 amide bonds. The average Bonchev–Trinajstić information content (AvgIpc) is 2.35. The Bertz CT molecular complexity index is 434. The second kappa shape index (κ2) is 5.09. The normalized spacial score (nSPS) is 22.4. The van der Waals surface area contributed by atoms with Crippen LogP contribution in [0.15, 0.2) is 29.2 Å². The van der Waals surface area contributed by atoms with Crippen molar-refractivity contribution in [3.8, 4) is 0 Å². The minimum absolute atomic E-state index is 0.254. The van der Waals surface area contributed by atoms with Crippen molar-refractivity contribution in [2.45, 2.75) is 34.4 Å². The van der Waals surface area contributed by atoms with Gasteiger partial charge in [-0.1, -0.05) is 53.2 Å². The second-order valence-corrected chi connectivity index (χ2v) is 7.19. The van der Waals surface area contributed by atoms with Crippen LogP contribution >= 0.6 is 35.0 Å². The van der Waals surface area contributed by atoms with Gasteiger partial charge in [-0.15, -0.1) is 0 Å². The third-order valence-corrected chi connectivity index (χ3v) is 4.47. The first-order chi connectivity index (χ1) is 7.98. The van der Waals surface area contributed by atoms with Crippen LogP contribution in [0.5, 0.6) is 0 Å². The van der Waals surface area contributed by atoms with Crippen LogP contribution in [0.25, 0.3) is 0 Å². The molecular weight excluding hydrogens is 279 g/mol. The van der Waals surface area contributed by atoms with Crippen LogP contribution in [-0.4, -0.2) is 9.63 Å². The summed E-state index contributed by atoms with van der Waals surface area (Å²) in [5, 5.41) is 0. The minimum atomic E-state index is -0.856. The lowest BCUT2D eigenvalue weighted by molar-refractivity contribution is -0.147. The molecule has 1 atom stereocenters. The van der Waals surface area contributed by atoms with Crippen LogP contribution in [0, 0.1) is 0 Å². The van der Waals surface area contributed by atoms with Crippen LogP contribution in [0.1, 0.15) is 31.4 Å². The van der Waals surface area contributed by atoms with Gasteiger partial charge in [-0.05, 0) is 18.9 Å². The number of ether oxygens (including phenoxy) is 1. The Morgan fingerprint density at radius 3 is 2.88 bits per heavy atom. The van der Waals surface area contributed by atoms with Crippen molar-refractivity contribution in [2.75, 3.05) is 0 Å². The average molecular weight is 291 g/mol. The zero-order chi connectivity index (χ0) is 12.5. The molecular formula is C12H12Cl2O2S. The number of benzene rings is 1. The monoisotopic (exact) mass is 290 g/mol. The molecule has 2 nitrogen and oxygen atoms in total. The van der Waals surface area contributed by atoms with Crippen molar-refractivity contribution < 1.29 is 9.53 Å². The van der Waals surface area contributed by atoms with Gasteiger partial charge in [0, 0.05) is 17.4 Å². The highest BCUT2D eigenvalue weighted by Gasteiger charge is 2.33. The first kappa shape index (κ1) is 13.1. The first-order valence-corrected chi connectivity index (χ1v) is 6.88. The van der Waals surface area contributed by atoms with Crippen LogP contribution in [-0.2, 0) is 9.53 Å². The van der Waals surface area contributed by atoms with Crippen LogP contribution in [0.2, 0.25) is 0 Å². The van der Waals surface area contributed by atoms with E-state index in [4.69, 9.17) is 27.9 Å². The Morgan fingerprint density at radius 2 is 2.18 bits per heavy atom. The summed E-state index contributed by atoms with van der Waals surface area (Å²) in [7, 11) is 0. The molecule has 0 saturated carbocycles. The van der Waals surface area contributed by atoms with Gasteiger partial charge in [0.1, 0.15) is 6.10 Å². The summed E-state index contributed by atoms with van der Waals surface area (Å²) >= 11 is 13.8. The fourth-order valence-corrected chi connectivity index (χ4v) is 3.55. The number of esters is 1. The molecule has 1 aromatic rings. The molecule has 0 radical (unpaired) electrons. The number of thioether (sulfide) groups is 1. The molecule has 0 spiro atoms. The Labute approximate surface area is 115 Å². The van der Waals surface area contributed by atoms with Gasteiger partial charge in [-0.3, -0.25) is 4.79 Å². The fraction of sp³-hybridized carbons (Fsp3) is 0.417. The summed E-state index contributed by atoms with van der Waals surface area (Å²) in [6.45, 7) is 1.41. The number of fused-ring (bicyclic) bond motifs is 1. The molecule has 1 aromatic carbocycles. The van der Waals surface area contributed by atoms with Crippen LogP contribution in [0.4, 0.5) is 0 Å². The van der Waals surface area contributed by atoms with Crippen molar-refractivity contribution >= 4 is 40.9 Å². The summed E-state index contributed by atoms with van der Waals surface area (Å²) in [4.78, 5) is 12.1.